The molecule has 0 aliphatic carbocycles. The van der Waals surface area contributed by atoms with Crippen LogP contribution in [0, 0.1) is 0 Å². The largest absolute Gasteiger partial charge is 0.494 e. The maximum Gasteiger partial charge on any atom is 0.223 e. The van der Waals surface area contributed by atoms with Crippen molar-refractivity contribution in [3.05, 3.63) is 48.0 Å². The lowest BCUT2D eigenvalue weighted by Gasteiger charge is -2.29. The molecule has 4 rings (SSSR count). The summed E-state index contributed by atoms with van der Waals surface area (Å²) < 4.78 is 22.4. The monoisotopic (exact) mass is 470 g/mol. The standard InChI is InChI=1S/C26H34N2O6/c1-2-31-20-6-8-21(9-7-20)32-14-11-25(29)27-22(18-28-12-3-4-13-28)26(30)19-5-10-23-24(17-19)34-16-15-33-23/h5-10,17,22,26,30H,2-4,11-16,18H2,1H3,(H,27,29). The highest BCUT2D eigenvalue weighted by molar-refractivity contribution is 5.76. The van der Waals surface area contributed by atoms with Gasteiger partial charge in [-0.15, -0.1) is 0 Å². The van der Waals surface area contributed by atoms with E-state index in [1.807, 2.05) is 43.3 Å². The molecule has 2 heterocycles. The maximum atomic E-state index is 12.7. The van der Waals surface area contributed by atoms with E-state index in [1.165, 1.54) is 0 Å². The third-order valence-electron chi connectivity index (χ3n) is 6.02. The first kappa shape index (κ1) is 24.2. The topological polar surface area (TPSA) is 89.5 Å². The van der Waals surface area contributed by atoms with Crippen LogP contribution in [0.25, 0.3) is 0 Å². The number of aliphatic hydroxyl groups excluding tert-OH is 1. The summed E-state index contributed by atoms with van der Waals surface area (Å²) in [5, 5.41) is 14.2. The molecule has 2 aromatic rings. The zero-order chi connectivity index (χ0) is 23.8. The van der Waals surface area contributed by atoms with Gasteiger partial charge in [0.15, 0.2) is 11.5 Å². The number of fused-ring (bicyclic) bond motifs is 1. The number of rotatable bonds is 11. The molecule has 2 aliphatic heterocycles. The van der Waals surface area contributed by atoms with Gasteiger partial charge in [0, 0.05) is 6.54 Å². The second-order valence-electron chi connectivity index (χ2n) is 8.53. The average molecular weight is 471 g/mol. The number of hydrogen-bond acceptors (Lipinski definition) is 7. The number of nitrogens with one attached hydrogen (secondary N) is 1. The molecule has 184 valence electrons. The van der Waals surface area contributed by atoms with Gasteiger partial charge in [0.2, 0.25) is 5.91 Å². The molecule has 0 saturated carbocycles. The van der Waals surface area contributed by atoms with Gasteiger partial charge in [0.25, 0.3) is 0 Å². The Kier molecular flexibility index (Phi) is 8.49. The van der Waals surface area contributed by atoms with Crippen molar-refractivity contribution in [2.75, 3.05) is 46.1 Å². The van der Waals surface area contributed by atoms with Crippen molar-refractivity contribution in [3.8, 4) is 23.0 Å². The number of carbonyl (C=O) groups is 1. The fourth-order valence-corrected chi connectivity index (χ4v) is 4.28. The van der Waals surface area contributed by atoms with Gasteiger partial charge >= 0.3 is 0 Å². The minimum Gasteiger partial charge on any atom is -0.494 e. The van der Waals surface area contributed by atoms with Crippen molar-refractivity contribution in [2.24, 2.45) is 0 Å². The van der Waals surface area contributed by atoms with Crippen LogP contribution in [0.4, 0.5) is 0 Å². The van der Waals surface area contributed by atoms with E-state index in [1.54, 1.807) is 6.07 Å². The number of carbonyl (C=O) groups excluding carboxylic acids is 1. The van der Waals surface area contributed by atoms with E-state index in [-0.39, 0.29) is 18.9 Å². The fraction of sp³-hybridized carbons (Fsp3) is 0.500. The highest BCUT2D eigenvalue weighted by Crippen LogP contribution is 2.33. The van der Waals surface area contributed by atoms with Crippen molar-refractivity contribution in [1.82, 2.24) is 10.2 Å². The molecule has 1 amide bonds. The molecule has 2 atom stereocenters. The van der Waals surface area contributed by atoms with Crippen LogP contribution < -0.4 is 24.3 Å². The molecule has 1 saturated heterocycles. The Balaban J connectivity index is 1.34. The van der Waals surface area contributed by atoms with E-state index >= 15 is 0 Å². The van der Waals surface area contributed by atoms with Crippen LogP contribution in [0.3, 0.4) is 0 Å². The number of ether oxygens (including phenoxy) is 4. The molecule has 0 spiro atoms. The Morgan fingerprint density at radius 2 is 1.71 bits per heavy atom. The lowest BCUT2D eigenvalue weighted by atomic mass is 10.0. The maximum absolute atomic E-state index is 12.7. The quantitative estimate of drug-likeness (QED) is 0.522. The Labute approximate surface area is 200 Å². The smallest absolute Gasteiger partial charge is 0.223 e. The highest BCUT2D eigenvalue weighted by atomic mass is 16.6. The summed E-state index contributed by atoms with van der Waals surface area (Å²) in [6.45, 7) is 6.32. The van der Waals surface area contributed by atoms with Gasteiger partial charge in [0.1, 0.15) is 30.8 Å². The molecule has 34 heavy (non-hydrogen) atoms. The fourth-order valence-electron chi connectivity index (χ4n) is 4.28. The van der Waals surface area contributed by atoms with Crippen LogP contribution >= 0.6 is 0 Å². The first-order chi connectivity index (χ1) is 16.6. The van der Waals surface area contributed by atoms with E-state index in [0.29, 0.717) is 49.2 Å². The zero-order valence-electron chi connectivity index (χ0n) is 19.7. The molecule has 2 aliphatic rings. The molecular formula is C26H34N2O6. The first-order valence-corrected chi connectivity index (χ1v) is 12.1. The second-order valence-corrected chi connectivity index (χ2v) is 8.53. The number of likely N-dealkylation sites (tertiary alicyclic amines) is 1. The molecule has 8 heteroatoms. The molecule has 2 aromatic carbocycles. The van der Waals surface area contributed by atoms with Crippen LogP contribution in [0.5, 0.6) is 23.0 Å². The van der Waals surface area contributed by atoms with Gasteiger partial charge in [-0.1, -0.05) is 6.07 Å². The Hall–Kier alpha value is -2.97. The molecule has 0 bridgehead atoms. The molecular weight excluding hydrogens is 436 g/mol. The Morgan fingerprint density at radius 3 is 2.41 bits per heavy atom. The van der Waals surface area contributed by atoms with Crippen molar-refractivity contribution in [3.63, 3.8) is 0 Å². The molecule has 2 N–H and O–H groups in total. The van der Waals surface area contributed by atoms with Crippen molar-refractivity contribution in [1.29, 1.82) is 0 Å². The minimum atomic E-state index is -0.868. The summed E-state index contributed by atoms with van der Waals surface area (Å²) in [6, 6.07) is 12.3. The number of aliphatic hydroxyl groups is 1. The van der Waals surface area contributed by atoms with E-state index in [0.717, 1.165) is 31.7 Å². The van der Waals surface area contributed by atoms with Crippen LogP contribution in [-0.2, 0) is 4.79 Å². The normalized spacial score (nSPS) is 17.1. The number of nitrogens with zero attached hydrogens (tertiary/aromatic N) is 1. The predicted molar refractivity (Wildman–Crippen MR) is 128 cm³/mol. The Bertz CT molecular complexity index is 929. The van der Waals surface area contributed by atoms with Crippen LogP contribution in [0.15, 0.2) is 42.5 Å². The van der Waals surface area contributed by atoms with Crippen LogP contribution in [0.2, 0.25) is 0 Å². The van der Waals surface area contributed by atoms with E-state index in [9.17, 15) is 9.90 Å². The summed E-state index contributed by atoms with van der Waals surface area (Å²) in [6.07, 6.45) is 1.60. The van der Waals surface area contributed by atoms with Crippen molar-refractivity contribution in [2.45, 2.75) is 38.3 Å². The first-order valence-electron chi connectivity index (χ1n) is 12.1. The SMILES string of the molecule is CCOc1ccc(OCCC(=O)NC(CN2CCCC2)C(O)c2ccc3c(c2)OCCO3)cc1. The lowest BCUT2D eigenvalue weighted by Crippen LogP contribution is -2.47. The molecule has 8 nitrogen and oxygen atoms in total. The summed E-state index contributed by atoms with van der Waals surface area (Å²) >= 11 is 0. The third kappa shape index (κ3) is 6.55. The van der Waals surface area contributed by atoms with Gasteiger partial charge in [-0.05, 0) is 74.8 Å². The number of hydrogen-bond donors (Lipinski definition) is 2. The zero-order valence-corrected chi connectivity index (χ0v) is 19.7. The number of benzene rings is 2. The van der Waals surface area contributed by atoms with Gasteiger partial charge < -0.3 is 34.3 Å². The minimum absolute atomic E-state index is 0.160. The van der Waals surface area contributed by atoms with Gasteiger partial charge in [-0.2, -0.15) is 0 Å². The molecule has 0 aromatic heterocycles. The van der Waals surface area contributed by atoms with Crippen LogP contribution in [-0.4, -0.2) is 68.0 Å². The van der Waals surface area contributed by atoms with Crippen molar-refractivity contribution < 1.29 is 28.8 Å². The summed E-state index contributed by atoms with van der Waals surface area (Å²) in [5.74, 6) is 2.60. The third-order valence-corrected chi connectivity index (χ3v) is 6.02. The van der Waals surface area contributed by atoms with Gasteiger partial charge in [0.05, 0.1) is 25.7 Å². The van der Waals surface area contributed by atoms with E-state index < -0.39 is 12.1 Å². The van der Waals surface area contributed by atoms with Gasteiger partial charge in [-0.25, -0.2) is 0 Å². The molecule has 0 radical (unpaired) electrons. The molecule has 2 unspecified atom stereocenters. The average Bonchev–Trinajstić information content (AvgIpc) is 3.37. The predicted octanol–water partition coefficient (Wildman–Crippen LogP) is 2.94. The van der Waals surface area contributed by atoms with Crippen molar-refractivity contribution >= 4 is 5.91 Å². The van der Waals surface area contributed by atoms with Crippen LogP contribution in [0.1, 0.15) is 37.9 Å². The second kappa shape index (κ2) is 11.9. The number of amides is 1. The van der Waals surface area contributed by atoms with Gasteiger partial charge in [-0.3, -0.25) is 4.79 Å². The lowest BCUT2D eigenvalue weighted by molar-refractivity contribution is -0.123. The summed E-state index contributed by atoms with van der Waals surface area (Å²) in [7, 11) is 0. The van der Waals surface area contributed by atoms with E-state index in [4.69, 9.17) is 18.9 Å². The summed E-state index contributed by atoms with van der Waals surface area (Å²) in [5.41, 5.74) is 0.694. The highest BCUT2D eigenvalue weighted by Gasteiger charge is 2.27. The molecule has 1 fully saturated rings. The van der Waals surface area contributed by atoms with E-state index in [2.05, 4.69) is 10.2 Å². The summed E-state index contributed by atoms with van der Waals surface area (Å²) in [4.78, 5) is 15.0. The Morgan fingerprint density at radius 1 is 1.03 bits per heavy atom.